The van der Waals surface area contributed by atoms with Gasteiger partial charge >= 0.3 is 0 Å². The first-order valence-electron chi connectivity index (χ1n) is 4.44. The van der Waals surface area contributed by atoms with Crippen molar-refractivity contribution in [2.24, 2.45) is 12.8 Å². The second kappa shape index (κ2) is 4.26. The van der Waals surface area contributed by atoms with Crippen LogP contribution in [0.1, 0.15) is 25.5 Å². The fraction of sp³-hybridized carbons (Fsp3) is 0.667. The van der Waals surface area contributed by atoms with E-state index in [1.165, 1.54) is 0 Å². The molecule has 0 fully saturated rings. The lowest BCUT2D eigenvalue weighted by Crippen LogP contribution is -2.22. The fourth-order valence-electron chi connectivity index (χ4n) is 1.31. The highest BCUT2D eigenvalue weighted by molar-refractivity contribution is 4.98. The Hall–Kier alpha value is -0.830. The second-order valence-electron chi connectivity index (χ2n) is 3.28. The molecular formula is C9H17N3. The summed E-state index contributed by atoms with van der Waals surface area (Å²) in [5, 5.41) is 0. The van der Waals surface area contributed by atoms with Crippen LogP contribution in [0.4, 0.5) is 0 Å². The van der Waals surface area contributed by atoms with Gasteiger partial charge in [0, 0.05) is 25.7 Å². The summed E-state index contributed by atoms with van der Waals surface area (Å²) in [6.45, 7) is 2.15. The van der Waals surface area contributed by atoms with Gasteiger partial charge in [-0.15, -0.1) is 0 Å². The van der Waals surface area contributed by atoms with Crippen LogP contribution in [0.2, 0.25) is 0 Å². The summed E-state index contributed by atoms with van der Waals surface area (Å²) in [7, 11) is 1.97. The van der Waals surface area contributed by atoms with E-state index in [-0.39, 0.29) is 6.04 Å². The number of imidazole rings is 1. The first kappa shape index (κ1) is 9.26. The Labute approximate surface area is 73.6 Å². The molecule has 0 bridgehead atoms. The third-order valence-electron chi connectivity index (χ3n) is 1.89. The minimum Gasteiger partial charge on any atom is -0.340 e. The van der Waals surface area contributed by atoms with Crippen LogP contribution in [0.5, 0.6) is 0 Å². The van der Waals surface area contributed by atoms with E-state index in [4.69, 9.17) is 5.73 Å². The Morgan fingerprint density at radius 2 is 2.42 bits per heavy atom. The Kier molecular flexibility index (Phi) is 3.29. The molecule has 68 valence electrons. The van der Waals surface area contributed by atoms with Crippen LogP contribution in [-0.4, -0.2) is 15.6 Å². The van der Waals surface area contributed by atoms with Crippen LogP contribution in [0.25, 0.3) is 0 Å². The van der Waals surface area contributed by atoms with Crippen LogP contribution in [0.15, 0.2) is 12.5 Å². The monoisotopic (exact) mass is 167 g/mol. The number of nitrogens with zero attached hydrogens (tertiary/aromatic N) is 2. The Morgan fingerprint density at radius 3 is 2.92 bits per heavy atom. The predicted molar refractivity (Wildman–Crippen MR) is 49.8 cm³/mol. The van der Waals surface area contributed by atoms with Gasteiger partial charge in [0.1, 0.15) is 0 Å². The van der Waals surface area contributed by atoms with E-state index in [0.717, 1.165) is 25.0 Å². The lowest BCUT2D eigenvalue weighted by atomic mass is 10.1. The molecule has 1 heterocycles. The van der Waals surface area contributed by atoms with Crippen molar-refractivity contribution in [3.8, 4) is 0 Å². The van der Waals surface area contributed by atoms with Gasteiger partial charge in [0.15, 0.2) is 0 Å². The van der Waals surface area contributed by atoms with Crippen LogP contribution in [0.3, 0.4) is 0 Å². The molecule has 0 aliphatic rings. The van der Waals surface area contributed by atoms with Crippen molar-refractivity contribution in [1.82, 2.24) is 9.55 Å². The van der Waals surface area contributed by atoms with Gasteiger partial charge in [-0.1, -0.05) is 13.3 Å². The summed E-state index contributed by atoms with van der Waals surface area (Å²) in [6, 6.07) is 0.268. The summed E-state index contributed by atoms with van der Waals surface area (Å²) < 4.78 is 1.95. The molecule has 0 radical (unpaired) electrons. The molecule has 0 saturated heterocycles. The standard InChI is InChI=1S/C9H17N3/c1-3-4-8(10)5-9-6-12(2)7-11-9/h6-8H,3-5,10H2,1-2H3. The van der Waals surface area contributed by atoms with Gasteiger partial charge in [0.25, 0.3) is 0 Å². The van der Waals surface area contributed by atoms with E-state index in [1.54, 1.807) is 0 Å². The van der Waals surface area contributed by atoms with Crippen molar-refractivity contribution in [1.29, 1.82) is 0 Å². The maximum atomic E-state index is 5.88. The van der Waals surface area contributed by atoms with E-state index in [0.29, 0.717) is 0 Å². The molecule has 12 heavy (non-hydrogen) atoms. The highest BCUT2D eigenvalue weighted by atomic mass is 15.0. The SMILES string of the molecule is CCCC(N)Cc1cn(C)cn1. The van der Waals surface area contributed by atoms with Gasteiger partial charge in [-0.3, -0.25) is 0 Å². The number of nitrogens with two attached hydrogens (primary N) is 1. The van der Waals surface area contributed by atoms with Crippen molar-refractivity contribution in [3.05, 3.63) is 18.2 Å². The molecule has 0 aromatic carbocycles. The van der Waals surface area contributed by atoms with Crippen molar-refractivity contribution in [3.63, 3.8) is 0 Å². The summed E-state index contributed by atoms with van der Waals surface area (Å²) in [4.78, 5) is 4.22. The van der Waals surface area contributed by atoms with Gasteiger partial charge in [0.2, 0.25) is 0 Å². The summed E-state index contributed by atoms with van der Waals surface area (Å²) >= 11 is 0. The number of aromatic nitrogens is 2. The Balaban J connectivity index is 2.41. The highest BCUT2D eigenvalue weighted by Crippen LogP contribution is 2.02. The van der Waals surface area contributed by atoms with Crippen LogP contribution < -0.4 is 5.73 Å². The van der Waals surface area contributed by atoms with Crippen LogP contribution in [0, 0.1) is 0 Å². The largest absolute Gasteiger partial charge is 0.340 e. The molecule has 0 spiro atoms. The maximum absolute atomic E-state index is 5.88. The summed E-state index contributed by atoms with van der Waals surface area (Å²) in [5.41, 5.74) is 6.97. The van der Waals surface area contributed by atoms with E-state index in [1.807, 2.05) is 24.1 Å². The Bertz CT molecular complexity index is 229. The minimum atomic E-state index is 0.268. The maximum Gasteiger partial charge on any atom is 0.0946 e. The quantitative estimate of drug-likeness (QED) is 0.729. The van der Waals surface area contributed by atoms with Gasteiger partial charge in [-0.2, -0.15) is 0 Å². The van der Waals surface area contributed by atoms with Gasteiger partial charge in [-0.25, -0.2) is 4.98 Å². The van der Waals surface area contributed by atoms with Gasteiger partial charge in [0.05, 0.1) is 12.0 Å². The lowest BCUT2D eigenvalue weighted by molar-refractivity contribution is 0.594. The molecule has 0 amide bonds. The van der Waals surface area contributed by atoms with Crippen molar-refractivity contribution in [2.75, 3.05) is 0 Å². The zero-order valence-electron chi connectivity index (χ0n) is 7.83. The topological polar surface area (TPSA) is 43.8 Å². The summed E-state index contributed by atoms with van der Waals surface area (Å²) in [6.07, 6.45) is 6.96. The van der Waals surface area contributed by atoms with Crippen LogP contribution in [-0.2, 0) is 13.5 Å². The molecular weight excluding hydrogens is 150 g/mol. The third-order valence-corrected chi connectivity index (χ3v) is 1.89. The van der Waals surface area contributed by atoms with Gasteiger partial charge in [-0.05, 0) is 6.42 Å². The molecule has 0 saturated carbocycles. The lowest BCUT2D eigenvalue weighted by Gasteiger charge is -2.06. The number of aryl methyl sites for hydroxylation is 1. The zero-order chi connectivity index (χ0) is 8.97. The van der Waals surface area contributed by atoms with E-state index < -0.39 is 0 Å². The second-order valence-corrected chi connectivity index (χ2v) is 3.28. The molecule has 1 aromatic heterocycles. The average molecular weight is 167 g/mol. The van der Waals surface area contributed by atoms with Gasteiger partial charge < -0.3 is 10.3 Å². The molecule has 1 atom stereocenters. The number of hydrogen-bond acceptors (Lipinski definition) is 2. The molecule has 3 heteroatoms. The number of hydrogen-bond donors (Lipinski definition) is 1. The minimum absolute atomic E-state index is 0.268. The normalized spacial score (nSPS) is 13.2. The van der Waals surface area contributed by atoms with Crippen molar-refractivity contribution < 1.29 is 0 Å². The van der Waals surface area contributed by atoms with Crippen molar-refractivity contribution >= 4 is 0 Å². The predicted octanol–water partition coefficient (Wildman–Crippen LogP) is 1.09. The molecule has 1 rings (SSSR count). The van der Waals surface area contributed by atoms with E-state index in [9.17, 15) is 0 Å². The first-order valence-corrected chi connectivity index (χ1v) is 4.44. The van der Waals surface area contributed by atoms with Crippen LogP contribution >= 0.6 is 0 Å². The molecule has 0 aliphatic carbocycles. The molecule has 1 unspecified atom stereocenters. The smallest absolute Gasteiger partial charge is 0.0946 e. The fourth-order valence-corrected chi connectivity index (χ4v) is 1.31. The average Bonchev–Trinajstić information content (AvgIpc) is 2.36. The Morgan fingerprint density at radius 1 is 1.67 bits per heavy atom. The van der Waals surface area contributed by atoms with Crippen molar-refractivity contribution in [2.45, 2.75) is 32.2 Å². The molecule has 3 nitrogen and oxygen atoms in total. The summed E-state index contributed by atoms with van der Waals surface area (Å²) in [5.74, 6) is 0. The highest BCUT2D eigenvalue weighted by Gasteiger charge is 2.04. The molecule has 0 aliphatic heterocycles. The van der Waals surface area contributed by atoms with E-state index in [2.05, 4.69) is 11.9 Å². The first-order chi connectivity index (χ1) is 5.72. The zero-order valence-corrected chi connectivity index (χ0v) is 7.83. The van der Waals surface area contributed by atoms with E-state index >= 15 is 0 Å². The number of rotatable bonds is 4. The third kappa shape index (κ3) is 2.66. The molecule has 2 N–H and O–H groups in total. The molecule has 1 aromatic rings.